The molecular weight excluding hydrogens is 424 g/mol. The summed E-state index contributed by atoms with van der Waals surface area (Å²) < 4.78 is 1.97. The lowest BCUT2D eigenvalue weighted by molar-refractivity contribution is -0.125. The fourth-order valence-electron chi connectivity index (χ4n) is 4.77. The van der Waals surface area contributed by atoms with E-state index >= 15 is 0 Å². The van der Waals surface area contributed by atoms with Crippen molar-refractivity contribution in [1.29, 1.82) is 0 Å². The lowest BCUT2D eigenvalue weighted by Gasteiger charge is -2.32. The quantitative estimate of drug-likeness (QED) is 0.487. The van der Waals surface area contributed by atoms with Crippen LogP contribution in [0.5, 0.6) is 0 Å². The zero-order valence-corrected chi connectivity index (χ0v) is 20.0. The summed E-state index contributed by atoms with van der Waals surface area (Å²) in [6.45, 7) is 8.13. The number of hydrogen-bond acceptors (Lipinski definition) is 5. The largest absolute Gasteiger partial charge is 0.352 e. The predicted octanol–water partition coefficient (Wildman–Crippen LogP) is 4.27. The molecule has 0 aliphatic carbocycles. The van der Waals surface area contributed by atoms with Gasteiger partial charge in [-0.15, -0.1) is 5.10 Å². The molecule has 1 saturated heterocycles. The van der Waals surface area contributed by atoms with Gasteiger partial charge in [-0.3, -0.25) is 4.79 Å². The van der Waals surface area contributed by atoms with E-state index in [4.69, 9.17) is 5.10 Å². The normalized spacial score (nSPS) is 16.1. The highest BCUT2D eigenvalue weighted by Crippen LogP contribution is 2.31. The summed E-state index contributed by atoms with van der Waals surface area (Å²) in [5.41, 5.74) is 6.08. The molecule has 34 heavy (non-hydrogen) atoms. The second kappa shape index (κ2) is 9.25. The maximum Gasteiger partial charge on any atom is 0.225 e. The molecule has 7 heteroatoms. The minimum Gasteiger partial charge on any atom is -0.352 e. The standard InChI is InChI=1S/C27H30N6O/c1-18-11-13-23(14-12-18)33-20(3)24-19(2)29-30-26(25(24)31-33)32-15-7-10-22(17-32)27(34)28-16-21-8-5-4-6-9-21/h4-6,8-9,11-14,22H,7,10,15-17H2,1-3H3,(H,28,34)/t22-/m1/s1. The number of nitrogens with one attached hydrogen (secondary N) is 1. The summed E-state index contributed by atoms with van der Waals surface area (Å²) >= 11 is 0. The van der Waals surface area contributed by atoms with E-state index in [1.165, 1.54) is 5.56 Å². The number of aryl methyl sites for hydroxylation is 3. The smallest absolute Gasteiger partial charge is 0.225 e. The van der Waals surface area contributed by atoms with Gasteiger partial charge in [0.05, 0.1) is 28.4 Å². The van der Waals surface area contributed by atoms with Crippen LogP contribution in [0.3, 0.4) is 0 Å². The molecule has 1 aliphatic rings. The van der Waals surface area contributed by atoms with Crippen LogP contribution in [0.1, 0.15) is 35.4 Å². The maximum absolute atomic E-state index is 12.9. The Kier molecular flexibility index (Phi) is 6.01. The molecule has 7 nitrogen and oxygen atoms in total. The van der Waals surface area contributed by atoms with Crippen LogP contribution < -0.4 is 10.2 Å². The molecule has 174 valence electrons. The van der Waals surface area contributed by atoms with Gasteiger partial charge in [0.25, 0.3) is 0 Å². The second-order valence-corrected chi connectivity index (χ2v) is 9.15. The molecule has 1 N–H and O–H groups in total. The first-order valence-corrected chi connectivity index (χ1v) is 11.9. The minimum atomic E-state index is -0.0871. The first-order chi connectivity index (χ1) is 16.5. The van der Waals surface area contributed by atoms with Crippen LogP contribution in [0.15, 0.2) is 54.6 Å². The highest BCUT2D eigenvalue weighted by molar-refractivity contribution is 5.92. The molecule has 0 bridgehead atoms. The number of piperidine rings is 1. The number of carbonyl (C=O) groups is 1. The Bertz CT molecular complexity index is 1310. The SMILES string of the molecule is Cc1ccc(-n2nc3c(N4CCC[C@@H](C(=O)NCc5ccccc5)C4)nnc(C)c3c2C)cc1. The number of nitrogens with zero attached hydrogens (tertiary/aromatic N) is 5. The summed E-state index contributed by atoms with van der Waals surface area (Å²) in [5.74, 6) is 0.761. The van der Waals surface area contributed by atoms with Crippen molar-refractivity contribution in [2.24, 2.45) is 5.92 Å². The summed E-state index contributed by atoms with van der Waals surface area (Å²) in [4.78, 5) is 15.1. The zero-order chi connectivity index (χ0) is 23.7. The monoisotopic (exact) mass is 454 g/mol. The lowest BCUT2D eigenvalue weighted by atomic mass is 9.97. The number of carbonyl (C=O) groups excluding carboxylic acids is 1. The molecule has 4 aromatic rings. The molecular formula is C27H30N6O. The number of fused-ring (bicyclic) bond motifs is 1. The first kappa shape index (κ1) is 22.1. The van der Waals surface area contributed by atoms with Crippen LogP contribution in [-0.2, 0) is 11.3 Å². The molecule has 5 rings (SSSR count). The molecule has 1 amide bonds. The Balaban J connectivity index is 1.41. The van der Waals surface area contributed by atoms with Gasteiger partial charge in [0.15, 0.2) is 5.82 Å². The number of amides is 1. The van der Waals surface area contributed by atoms with Crippen molar-refractivity contribution in [3.8, 4) is 5.69 Å². The Morgan fingerprint density at radius 1 is 1.03 bits per heavy atom. The van der Waals surface area contributed by atoms with Gasteiger partial charge in [0.2, 0.25) is 5.91 Å². The van der Waals surface area contributed by atoms with Gasteiger partial charge < -0.3 is 10.2 Å². The molecule has 1 atom stereocenters. The highest BCUT2D eigenvalue weighted by atomic mass is 16.1. The van der Waals surface area contributed by atoms with Crippen LogP contribution in [0, 0.1) is 26.7 Å². The van der Waals surface area contributed by atoms with Crippen molar-refractivity contribution in [3.63, 3.8) is 0 Å². The van der Waals surface area contributed by atoms with Gasteiger partial charge in [-0.05, 0) is 51.3 Å². The van der Waals surface area contributed by atoms with Crippen molar-refractivity contribution in [3.05, 3.63) is 77.1 Å². The average Bonchev–Trinajstić information content (AvgIpc) is 3.22. The lowest BCUT2D eigenvalue weighted by Crippen LogP contribution is -2.43. The van der Waals surface area contributed by atoms with E-state index in [0.717, 1.165) is 58.7 Å². The third-order valence-electron chi connectivity index (χ3n) is 6.66. The van der Waals surface area contributed by atoms with Crippen molar-refractivity contribution in [2.45, 2.75) is 40.2 Å². The van der Waals surface area contributed by atoms with E-state index in [2.05, 4.69) is 58.5 Å². The Morgan fingerprint density at radius 3 is 2.56 bits per heavy atom. The van der Waals surface area contributed by atoms with Crippen molar-refractivity contribution >= 4 is 22.6 Å². The van der Waals surface area contributed by atoms with Crippen LogP contribution in [0.25, 0.3) is 16.6 Å². The topological polar surface area (TPSA) is 75.9 Å². The molecule has 2 aromatic carbocycles. The molecule has 0 spiro atoms. The van der Waals surface area contributed by atoms with Gasteiger partial charge >= 0.3 is 0 Å². The van der Waals surface area contributed by atoms with Crippen molar-refractivity contribution in [2.75, 3.05) is 18.0 Å². The number of hydrogen-bond donors (Lipinski definition) is 1. The molecule has 1 aliphatic heterocycles. The number of aromatic nitrogens is 4. The van der Waals surface area contributed by atoms with E-state index in [1.54, 1.807) is 0 Å². The Labute approximate surface area is 199 Å². The van der Waals surface area contributed by atoms with Gasteiger partial charge in [-0.25, -0.2) is 4.68 Å². The van der Waals surface area contributed by atoms with Crippen LogP contribution >= 0.6 is 0 Å². The van der Waals surface area contributed by atoms with Gasteiger partial charge in [-0.1, -0.05) is 48.0 Å². The molecule has 0 unspecified atom stereocenters. The zero-order valence-electron chi connectivity index (χ0n) is 20.0. The van der Waals surface area contributed by atoms with E-state index in [-0.39, 0.29) is 11.8 Å². The summed E-state index contributed by atoms with van der Waals surface area (Å²) in [7, 11) is 0. The van der Waals surface area contributed by atoms with E-state index in [1.807, 2.05) is 41.9 Å². The average molecular weight is 455 g/mol. The minimum absolute atomic E-state index is 0.0871. The Morgan fingerprint density at radius 2 is 1.79 bits per heavy atom. The van der Waals surface area contributed by atoms with Crippen molar-refractivity contribution < 1.29 is 4.79 Å². The summed E-state index contributed by atoms with van der Waals surface area (Å²) in [5, 5.41) is 18.1. The second-order valence-electron chi connectivity index (χ2n) is 9.15. The number of rotatable bonds is 5. The third kappa shape index (κ3) is 4.25. The van der Waals surface area contributed by atoms with Gasteiger partial charge in [0.1, 0.15) is 5.52 Å². The third-order valence-corrected chi connectivity index (χ3v) is 6.66. The van der Waals surface area contributed by atoms with Gasteiger partial charge in [0, 0.05) is 19.6 Å². The fourth-order valence-corrected chi connectivity index (χ4v) is 4.77. The summed E-state index contributed by atoms with van der Waals surface area (Å²) in [6.07, 6.45) is 1.80. The molecule has 2 aromatic heterocycles. The molecule has 0 saturated carbocycles. The highest BCUT2D eigenvalue weighted by Gasteiger charge is 2.29. The van der Waals surface area contributed by atoms with Crippen LogP contribution in [0.4, 0.5) is 5.82 Å². The Hall–Kier alpha value is -3.74. The maximum atomic E-state index is 12.9. The number of benzene rings is 2. The van der Waals surface area contributed by atoms with Crippen molar-refractivity contribution in [1.82, 2.24) is 25.3 Å². The number of anilines is 1. The molecule has 0 radical (unpaired) electrons. The molecule has 1 fully saturated rings. The van der Waals surface area contributed by atoms with Crippen LogP contribution in [0.2, 0.25) is 0 Å². The van der Waals surface area contributed by atoms with E-state index in [9.17, 15) is 4.79 Å². The molecule has 3 heterocycles. The summed E-state index contributed by atoms with van der Waals surface area (Å²) in [6, 6.07) is 18.4. The first-order valence-electron chi connectivity index (χ1n) is 11.9. The van der Waals surface area contributed by atoms with E-state index < -0.39 is 0 Å². The van der Waals surface area contributed by atoms with Crippen LogP contribution in [-0.4, -0.2) is 39.0 Å². The predicted molar refractivity (Wildman–Crippen MR) is 134 cm³/mol. The van der Waals surface area contributed by atoms with E-state index in [0.29, 0.717) is 13.1 Å². The fraction of sp³-hybridized carbons (Fsp3) is 0.333. The van der Waals surface area contributed by atoms with Gasteiger partial charge in [-0.2, -0.15) is 10.2 Å².